The zero-order chi connectivity index (χ0) is 20.3. The summed E-state index contributed by atoms with van der Waals surface area (Å²) in [7, 11) is 3.19. The highest BCUT2D eigenvalue weighted by Gasteiger charge is 2.23. The fourth-order valence-corrected chi connectivity index (χ4v) is 4.03. The Hall–Kier alpha value is -2.49. The predicted molar refractivity (Wildman–Crippen MR) is 104 cm³/mol. The van der Waals surface area contributed by atoms with E-state index >= 15 is 0 Å². The number of ether oxygens (including phenoxy) is 4. The molecule has 9 heteroatoms. The number of nitrogens with zero attached hydrogens (tertiary/aromatic N) is 1. The molecule has 152 valence electrons. The highest BCUT2D eigenvalue weighted by Crippen LogP contribution is 2.34. The minimum atomic E-state index is -3.72. The lowest BCUT2D eigenvalue weighted by atomic mass is 10.1. The summed E-state index contributed by atoms with van der Waals surface area (Å²) in [5, 5.41) is 0. The zero-order valence-corrected chi connectivity index (χ0v) is 17.1. The van der Waals surface area contributed by atoms with Gasteiger partial charge in [-0.1, -0.05) is 6.07 Å². The lowest BCUT2D eigenvalue weighted by Gasteiger charge is -2.25. The summed E-state index contributed by atoms with van der Waals surface area (Å²) in [6.07, 6.45) is 0. The average Bonchev–Trinajstić information content (AvgIpc) is 3.15. The first kappa shape index (κ1) is 20.2. The number of sulfonamides is 1. The fourth-order valence-electron chi connectivity index (χ4n) is 2.97. The van der Waals surface area contributed by atoms with Gasteiger partial charge in [0.25, 0.3) is 0 Å². The molecule has 0 aliphatic carbocycles. The molecule has 0 fully saturated rings. The Morgan fingerprint density at radius 3 is 2.43 bits per heavy atom. The van der Waals surface area contributed by atoms with Crippen molar-refractivity contribution in [1.29, 1.82) is 0 Å². The van der Waals surface area contributed by atoms with E-state index in [4.69, 9.17) is 18.9 Å². The molecule has 1 unspecified atom stereocenters. The Morgan fingerprint density at radius 2 is 1.75 bits per heavy atom. The van der Waals surface area contributed by atoms with E-state index in [1.54, 1.807) is 26.4 Å². The van der Waals surface area contributed by atoms with Crippen LogP contribution in [0, 0.1) is 0 Å². The van der Waals surface area contributed by atoms with Gasteiger partial charge in [-0.15, -0.1) is 0 Å². The molecule has 3 rings (SSSR count). The van der Waals surface area contributed by atoms with Crippen molar-refractivity contribution in [2.24, 2.45) is 0 Å². The first-order chi connectivity index (χ1) is 13.4. The molecule has 2 aromatic rings. The predicted octanol–water partition coefficient (Wildman–Crippen LogP) is 2.01. The average molecular weight is 408 g/mol. The molecular formula is C19H24N2O6S. The summed E-state index contributed by atoms with van der Waals surface area (Å²) in [4.78, 5) is 2.06. The fraction of sp³-hybridized carbons (Fsp3) is 0.368. The summed E-state index contributed by atoms with van der Waals surface area (Å²) >= 11 is 0. The van der Waals surface area contributed by atoms with Crippen LogP contribution in [-0.2, 0) is 10.0 Å². The number of benzene rings is 2. The molecule has 1 heterocycles. The maximum absolute atomic E-state index is 12.7. The quantitative estimate of drug-likeness (QED) is 0.715. The number of methoxy groups -OCH3 is 2. The molecule has 0 aromatic heterocycles. The maximum atomic E-state index is 12.7. The summed E-state index contributed by atoms with van der Waals surface area (Å²) in [5.74, 6) is 2.16. The number of hydrogen-bond acceptors (Lipinski definition) is 7. The molecule has 0 radical (unpaired) electrons. The van der Waals surface area contributed by atoms with Gasteiger partial charge in [0.2, 0.25) is 16.8 Å². The van der Waals surface area contributed by atoms with E-state index in [0.717, 1.165) is 5.56 Å². The third-order valence-corrected chi connectivity index (χ3v) is 5.96. The lowest BCUT2D eigenvalue weighted by Crippen LogP contribution is -2.34. The molecule has 0 saturated heterocycles. The summed E-state index contributed by atoms with van der Waals surface area (Å²) in [6.45, 7) is 0.271. The van der Waals surface area contributed by atoms with E-state index < -0.39 is 10.0 Å². The molecule has 0 spiro atoms. The van der Waals surface area contributed by atoms with Crippen LogP contribution in [0.5, 0.6) is 23.0 Å². The summed E-state index contributed by atoms with van der Waals surface area (Å²) in [5.41, 5.74) is 0.899. The number of rotatable bonds is 8. The molecule has 0 amide bonds. The van der Waals surface area contributed by atoms with E-state index in [9.17, 15) is 8.42 Å². The minimum absolute atomic E-state index is 0.0915. The van der Waals surface area contributed by atoms with Crippen LogP contribution in [0.25, 0.3) is 0 Å². The second-order valence-electron chi connectivity index (χ2n) is 6.46. The van der Waals surface area contributed by atoms with Crippen LogP contribution in [-0.4, -0.2) is 55.0 Å². The van der Waals surface area contributed by atoms with Crippen LogP contribution in [0.4, 0.5) is 0 Å². The Kier molecular flexibility index (Phi) is 5.97. The number of fused-ring (bicyclic) bond motifs is 1. The van der Waals surface area contributed by atoms with E-state index in [-0.39, 0.29) is 24.3 Å². The van der Waals surface area contributed by atoms with Crippen LogP contribution in [0.3, 0.4) is 0 Å². The maximum Gasteiger partial charge on any atom is 0.240 e. The SMILES string of the molecule is COc1ccc(C(CNS(=O)(=O)c2ccc3c(c2)OCO3)N(C)C)cc1OC. The van der Waals surface area contributed by atoms with Crippen LogP contribution >= 0.6 is 0 Å². The Balaban J connectivity index is 1.80. The van der Waals surface area contributed by atoms with Crippen LogP contribution < -0.4 is 23.7 Å². The van der Waals surface area contributed by atoms with Crippen molar-refractivity contribution in [3.05, 3.63) is 42.0 Å². The highest BCUT2D eigenvalue weighted by atomic mass is 32.2. The Bertz CT molecular complexity index is 945. The summed E-state index contributed by atoms with van der Waals surface area (Å²) < 4.78 is 49.3. The molecule has 1 aliphatic heterocycles. The molecular weight excluding hydrogens is 384 g/mol. The lowest BCUT2D eigenvalue weighted by molar-refractivity contribution is 0.174. The highest BCUT2D eigenvalue weighted by molar-refractivity contribution is 7.89. The molecule has 0 bridgehead atoms. The Labute approximate surface area is 165 Å². The number of likely N-dealkylation sites (N-methyl/N-ethyl adjacent to an activating group) is 1. The normalized spacial score (nSPS) is 14.2. The van der Waals surface area contributed by atoms with Gasteiger partial charge in [-0.3, -0.25) is 0 Å². The van der Waals surface area contributed by atoms with Gasteiger partial charge in [-0.05, 0) is 43.9 Å². The van der Waals surface area contributed by atoms with Crippen molar-refractivity contribution in [2.75, 3.05) is 41.7 Å². The van der Waals surface area contributed by atoms with Crippen molar-refractivity contribution >= 4 is 10.0 Å². The van der Waals surface area contributed by atoms with Crippen molar-refractivity contribution in [3.8, 4) is 23.0 Å². The van der Waals surface area contributed by atoms with Gasteiger partial charge < -0.3 is 23.8 Å². The van der Waals surface area contributed by atoms with Crippen molar-refractivity contribution in [2.45, 2.75) is 10.9 Å². The van der Waals surface area contributed by atoms with Gasteiger partial charge in [-0.2, -0.15) is 0 Å². The molecule has 28 heavy (non-hydrogen) atoms. The van der Waals surface area contributed by atoms with E-state index in [0.29, 0.717) is 23.0 Å². The molecule has 1 atom stereocenters. The van der Waals surface area contributed by atoms with Crippen LogP contribution in [0.15, 0.2) is 41.3 Å². The van der Waals surface area contributed by atoms with E-state index in [1.807, 2.05) is 31.1 Å². The van der Waals surface area contributed by atoms with E-state index in [1.165, 1.54) is 12.1 Å². The first-order valence-corrected chi connectivity index (χ1v) is 10.1. The van der Waals surface area contributed by atoms with Crippen molar-refractivity contribution in [1.82, 2.24) is 9.62 Å². The summed E-state index contributed by atoms with van der Waals surface area (Å²) in [6, 6.07) is 9.89. The third-order valence-electron chi connectivity index (χ3n) is 4.54. The second-order valence-corrected chi connectivity index (χ2v) is 8.23. The number of hydrogen-bond donors (Lipinski definition) is 1. The topological polar surface area (TPSA) is 86.3 Å². The van der Waals surface area contributed by atoms with Crippen molar-refractivity contribution < 1.29 is 27.4 Å². The van der Waals surface area contributed by atoms with Gasteiger partial charge >= 0.3 is 0 Å². The molecule has 1 N–H and O–H groups in total. The van der Waals surface area contributed by atoms with Crippen LogP contribution in [0.1, 0.15) is 11.6 Å². The van der Waals surface area contributed by atoms with Gasteiger partial charge in [0.15, 0.2) is 23.0 Å². The molecule has 0 saturated carbocycles. The molecule has 1 aliphatic rings. The minimum Gasteiger partial charge on any atom is -0.493 e. The van der Waals surface area contributed by atoms with Gasteiger partial charge in [0, 0.05) is 18.7 Å². The molecule has 2 aromatic carbocycles. The van der Waals surface area contributed by atoms with E-state index in [2.05, 4.69) is 4.72 Å². The van der Waals surface area contributed by atoms with Gasteiger partial charge in [-0.25, -0.2) is 13.1 Å². The Morgan fingerprint density at radius 1 is 1.04 bits per heavy atom. The smallest absolute Gasteiger partial charge is 0.240 e. The third kappa shape index (κ3) is 4.16. The van der Waals surface area contributed by atoms with Gasteiger partial charge in [0.05, 0.1) is 19.1 Å². The van der Waals surface area contributed by atoms with Crippen molar-refractivity contribution in [3.63, 3.8) is 0 Å². The first-order valence-electron chi connectivity index (χ1n) is 8.63. The van der Waals surface area contributed by atoms with Crippen LogP contribution in [0.2, 0.25) is 0 Å². The standard InChI is InChI=1S/C19H24N2O6S/c1-21(2)15(13-5-7-16(24-3)18(9-13)25-4)11-20-28(22,23)14-6-8-17-19(10-14)27-12-26-17/h5-10,15,20H,11-12H2,1-4H3. The molecule has 8 nitrogen and oxygen atoms in total. The monoisotopic (exact) mass is 408 g/mol. The number of nitrogens with one attached hydrogen (secondary N) is 1. The zero-order valence-electron chi connectivity index (χ0n) is 16.3. The largest absolute Gasteiger partial charge is 0.493 e. The van der Waals surface area contributed by atoms with Gasteiger partial charge in [0.1, 0.15) is 0 Å². The second kappa shape index (κ2) is 8.26.